The van der Waals surface area contributed by atoms with E-state index in [-0.39, 0.29) is 18.4 Å². The van der Waals surface area contributed by atoms with Crippen LogP contribution in [-0.2, 0) is 10.2 Å². The van der Waals surface area contributed by atoms with Crippen LogP contribution in [0.1, 0.15) is 41.4 Å². The topological polar surface area (TPSA) is 126 Å². The van der Waals surface area contributed by atoms with Gasteiger partial charge in [0.05, 0.1) is 32.7 Å². The highest BCUT2D eigenvalue weighted by Gasteiger charge is 2.30. The number of amides is 2. The minimum absolute atomic E-state index is 0.190. The molecule has 0 radical (unpaired) electrons. The summed E-state index contributed by atoms with van der Waals surface area (Å²) in [5, 5.41) is 14.0. The first-order valence-corrected chi connectivity index (χ1v) is 11.6. The lowest BCUT2D eigenvalue weighted by Crippen LogP contribution is -2.42. The second-order valence-electron chi connectivity index (χ2n) is 8.64. The number of aromatic nitrogens is 3. The number of halogens is 2. The number of anilines is 1. The van der Waals surface area contributed by atoms with Crippen LogP contribution in [0.25, 0.3) is 11.0 Å². The van der Waals surface area contributed by atoms with Gasteiger partial charge in [-0.1, -0.05) is 41.4 Å². The molecular weight excluding hydrogens is 487 g/mol. The van der Waals surface area contributed by atoms with Crippen LogP contribution in [0.3, 0.4) is 0 Å². The van der Waals surface area contributed by atoms with Gasteiger partial charge in [-0.05, 0) is 55.3 Å². The molecule has 5 N–H and O–H groups in total. The van der Waals surface area contributed by atoms with Crippen LogP contribution in [0.4, 0.5) is 5.69 Å². The molecule has 2 amide bonds. The molecule has 1 unspecified atom stereocenters. The molecule has 0 fully saturated rings. The molecule has 2 aromatic carbocycles. The number of benzene rings is 2. The zero-order chi connectivity index (χ0) is 25.2. The summed E-state index contributed by atoms with van der Waals surface area (Å²) in [6, 6.07) is 13.3. The van der Waals surface area contributed by atoms with Gasteiger partial charge in [-0.25, -0.2) is 4.98 Å². The van der Waals surface area contributed by atoms with E-state index in [2.05, 4.69) is 25.8 Å². The van der Waals surface area contributed by atoms with E-state index < -0.39 is 11.5 Å². The van der Waals surface area contributed by atoms with Crippen LogP contribution in [-0.4, -0.2) is 33.5 Å². The van der Waals surface area contributed by atoms with Crippen LogP contribution >= 0.6 is 23.2 Å². The molecule has 35 heavy (non-hydrogen) atoms. The third-order valence-corrected chi connectivity index (χ3v) is 6.63. The summed E-state index contributed by atoms with van der Waals surface area (Å²) in [6.07, 6.45) is 3.20. The molecule has 0 saturated carbocycles. The molecule has 0 aliphatic carbocycles. The van der Waals surface area contributed by atoms with Gasteiger partial charge in [-0.15, -0.1) is 0 Å². The Balaban J connectivity index is 1.37. The van der Waals surface area contributed by atoms with Crippen molar-refractivity contribution >= 4 is 51.7 Å². The number of pyridine rings is 1. The molecule has 180 valence electrons. The third-order valence-electron chi connectivity index (χ3n) is 5.89. The number of nitrogens with one attached hydrogen (secondary N) is 3. The molecule has 2 aromatic heterocycles. The normalized spacial score (nSPS) is 12.4. The van der Waals surface area contributed by atoms with Crippen molar-refractivity contribution in [2.24, 2.45) is 5.73 Å². The molecule has 0 aliphatic rings. The van der Waals surface area contributed by atoms with Crippen molar-refractivity contribution in [2.75, 3.05) is 11.9 Å². The number of aromatic amines is 1. The average molecular weight is 511 g/mol. The molecule has 0 saturated heterocycles. The van der Waals surface area contributed by atoms with E-state index in [1.54, 1.807) is 74.8 Å². The zero-order valence-electron chi connectivity index (χ0n) is 19.1. The number of H-pyrrole nitrogens is 1. The second-order valence-corrected chi connectivity index (χ2v) is 9.45. The maximum atomic E-state index is 12.9. The number of hydrogen-bond acceptors (Lipinski definition) is 5. The van der Waals surface area contributed by atoms with E-state index >= 15 is 0 Å². The maximum Gasteiger partial charge on any atom is 0.255 e. The molecule has 10 heteroatoms. The van der Waals surface area contributed by atoms with E-state index in [0.717, 1.165) is 16.5 Å². The monoisotopic (exact) mass is 510 g/mol. The van der Waals surface area contributed by atoms with Gasteiger partial charge in [0.2, 0.25) is 5.91 Å². The van der Waals surface area contributed by atoms with Gasteiger partial charge in [-0.3, -0.25) is 14.7 Å². The lowest BCUT2D eigenvalue weighted by Gasteiger charge is -2.25. The summed E-state index contributed by atoms with van der Waals surface area (Å²) in [7, 11) is 0. The van der Waals surface area contributed by atoms with E-state index in [0.29, 0.717) is 26.9 Å². The van der Waals surface area contributed by atoms with Crippen molar-refractivity contribution in [1.29, 1.82) is 0 Å². The third kappa shape index (κ3) is 5.30. The van der Waals surface area contributed by atoms with E-state index in [9.17, 15) is 9.59 Å². The van der Waals surface area contributed by atoms with Gasteiger partial charge in [0.1, 0.15) is 0 Å². The van der Waals surface area contributed by atoms with Crippen molar-refractivity contribution in [3.63, 3.8) is 0 Å². The highest BCUT2D eigenvalue weighted by Crippen LogP contribution is 2.30. The number of fused-ring (bicyclic) bond motifs is 1. The van der Waals surface area contributed by atoms with Crippen molar-refractivity contribution < 1.29 is 9.59 Å². The SMILES string of the molecule is CC(C)(C(=O)NCC(N)c1ccc(C(=O)Nc2ccnc3[nH]ncc23)cc1)c1ccc(Cl)c(Cl)c1. The molecular formula is C25H24Cl2N6O2. The standard InChI is InChI=1S/C25H24Cl2N6O2/c1-25(2,16-7-8-18(26)19(27)11-16)24(35)30-13-20(28)14-3-5-15(6-4-14)23(34)32-21-9-10-29-22-17(21)12-31-33-22/h3-12,20H,13,28H2,1-2H3,(H,30,35)(H2,29,31,32,33,34). The number of nitrogens with two attached hydrogens (primary N) is 1. The molecule has 4 aromatic rings. The van der Waals surface area contributed by atoms with Crippen molar-refractivity contribution in [2.45, 2.75) is 25.3 Å². The predicted octanol–water partition coefficient (Wildman–Crippen LogP) is 4.61. The Hall–Kier alpha value is -3.46. The van der Waals surface area contributed by atoms with Gasteiger partial charge < -0.3 is 16.4 Å². The van der Waals surface area contributed by atoms with Crippen molar-refractivity contribution in [3.8, 4) is 0 Å². The first-order valence-electron chi connectivity index (χ1n) is 10.9. The Morgan fingerprint density at radius 3 is 2.54 bits per heavy atom. The van der Waals surface area contributed by atoms with Gasteiger partial charge in [0.25, 0.3) is 5.91 Å². The second kappa shape index (κ2) is 10.0. The fourth-order valence-corrected chi connectivity index (χ4v) is 3.89. The lowest BCUT2D eigenvalue weighted by atomic mass is 9.83. The molecule has 2 heterocycles. The molecule has 4 rings (SSSR count). The van der Waals surface area contributed by atoms with Crippen LogP contribution < -0.4 is 16.4 Å². The van der Waals surface area contributed by atoms with E-state index in [4.69, 9.17) is 28.9 Å². The first kappa shape index (κ1) is 24.7. The average Bonchev–Trinajstić information content (AvgIpc) is 3.34. The summed E-state index contributed by atoms with van der Waals surface area (Å²) < 4.78 is 0. The Labute approximate surface area is 212 Å². The Morgan fingerprint density at radius 1 is 1.09 bits per heavy atom. The summed E-state index contributed by atoms with van der Waals surface area (Å²) in [6.45, 7) is 3.84. The minimum Gasteiger partial charge on any atom is -0.353 e. The van der Waals surface area contributed by atoms with E-state index in [1.165, 1.54) is 0 Å². The highest BCUT2D eigenvalue weighted by molar-refractivity contribution is 6.42. The molecule has 0 aliphatic heterocycles. The van der Waals surface area contributed by atoms with Gasteiger partial charge in [0, 0.05) is 24.3 Å². The summed E-state index contributed by atoms with van der Waals surface area (Å²) in [5.41, 5.74) is 8.68. The predicted molar refractivity (Wildman–Crippen MR) is 138 cm³/mol. The fourth-order valence-electron chi connectivity index (χ4n) is 3.59. The summed E-state index contributed by atoms with van der Waals surface area (Å²) in [5.74, 6) is -0.458. The maximum absolute atomic E-state index is 12.9. The Morgan fingerprint density at radius 2 is 1.83 bits per heavy atom. The number of hydrogen-bond donors (Lipinski definition) is 4. The minimum atomic E-state index is -0.830. The van der Waals surface area contributed by atoms with Gasteiger partial charge >= 0.3 is 0 Å². The lowest BCUT2D eigenvalue weighted by molar-refractivity contribution is -0.125. The van der Waals surface area contributed by atoms with Crippen LogP contribution in [0.15, 0.2) is 60.9 Å². The van der Waals surface area contributed by atoms with Crippen molar-refractivity contribution in [3.05, 3.63) is 87.7 Å². The van der Waals surface area contributed by atoms with Crippen molar-refractivity contribution in [1.82, 2.24) is 20.5 Å². The number of nitrogens with zero attached hydrogens (tertiary/aromatic N) is 2. The largest absolute Gasteiger partial charge is 0.353 e. The van der Waals surface area contributed by atoms with E-state index in [1.807, 2.05) is 0 Å². The molecule has 0 spiro atoms. The molecule has 0 bridgehead atoms. The number of carbonyl (C=O) groups is 2. The first-order chi connectivity index (χ1) is 16.7. The smallest absolute Gasteiger partial charge is 0.255 e. The van der Waals surface area contributed by atoms with Crippen LogP contribution in [0.5, 0.6) is 0 Å². The Kier molecular flexibility index (Phi) is 7.07. The van der Waals surface area contributed by atoms with Crippen LogP contribution in [0, 0.1) is 0 Å². The molecule has 8 nitrogen and oxygen atoms in total. The number of rotatable bonds is 7. The van der Waals surface area contributed by atoms with Gasteiger partial charge in [-0.2, -0.15) is 5.10 Å². The van der Waals surface area contributed by atoms with Gasteiger partial charge in [0.15, 0.2) is 5.65 Å². The van der Waals surface area contributed by atoms with Crippen LogP contribution in [0.2, 0.25) is 10.0 Å². The Bertz CT molecular complexity index is 1380. The fraction of sp³-hybridized carbons (Fsp3) is 0.200. The summed E-state index contributed by atoms with van der Waals surface area (Å²) in [4.78, 5) is 29.7. The quantitative estimate of drug-likeness (QED) is 0.288. The highest BCUT2D eigenvalue weighted by atomic mass is 35.5. The number of carbonyl (C=O) groups excluding carboxylic acids is 2. The summed E-state index contributed by atoms with van der Waals surface area (Å²) >= 11 is 12.1. The molecule has 1 atom stereocenters. The zero-order valence-corrected chi connectivity index (χ0v) is 20.6.